The highest BCUT2D eigenvalue weighted by atomic mass is 16.2. The third-order valence-electron chi connectivity index (χ3n) is 3.37. The smallest absolute Gasteiger partial charge is 0.242 e. The second-order valence-corrected chi connectivity index (χ2v) is 5.13. The number of likely N-dealkylation sites (N-methyl/N-ethyl adjacent to an activating group) is 1. The Morgan fingerprint density at radius 2 is 2.00 bits per heavy atom. The van der Waals surface area contributed by atoms with E-state index in [1.54, 1.807) is 6.92 Å². The summed E-state index contributed by atoms with van der Waals surface area (Å²) in [4.78, 5) is 26.4. The molecular formula is C13H23N7O. The van der Waals surface area contributed by atoms with Crippen molar-refractivity contribution in [3.63, 3.8) is 0 Å². The number of carbonyl (C=O) groups excluding carboxylic acids is 1. The maximum Gasteiger partial charge on any atom is 0.242 e. The molecule has 1 amide bonds. The number of anilines is 3. The molecule has 1 fully saturated rings. The third kappa shape index (κ3) is 4.17. The van der Waals surface area contributed by atoms with Crippen LogP contribution in [0.4, 0.5) is 17.8 Å². The van der Waals surface area contributed by atoms with E-state index >= 15 is 0 Å². The van der Waals surface area contributed by atoms with Gasteiger partial charge in [0, 0.05) is 19.6 Å². The molecule has 21 heavy (non-hydrogen) atoms. The van der Waals surface area contributed by atoms with E-state index in [1.165, 1.54) is 6.42 Å². The normalized spacial score (nSPS) is 16.4. The summed E-state index contributed by atoms with van der Waals surface area (Å²) in [6, 6.07) is -0.430. The number of nitrogens with zero attached hydrogens (tertiary/aromatic N) is 4. The lowest BCUT2D eigenvalue weighted by atomic mass is 10.1. The number of nitrogens with two attached hydrogens (primary N) is 1. The Labute approximate surface area is 124 Å². The highest BCUT2D eigenvalue weighted by Crippen LogP contribution is 2.17. The molecule has 0 bridgehead atoms. The Morgan fingerprint density at radius 3 is 2.67 bits per heavy atom. The minimum absolute atomic E-state index is 0.101. The summed E-state index contributed by atoms with van der Waals surface area (Å²) in [6.07, 6.45) is 3.49. The molecule has 0 aliphatic carbocycles. The summed E-state index contributed by atoms with van der Waals surface area (Å²) in [6.45, 7) is 6.07. The molecule has 1 atom stereocenters. The molecule has 1 aliphatic heterocycles. The molecule has 0 saturated carbocycles. The van der Waals surface area contributed by atoms with E-state index in [0.717, 1.165) is 25.9 Å². The number of hydrogen-bond acceptors (Lipinski definition) is 7. The zero-order valence-corrected chi connectivity index (χ0v) is 12.6. The van der Waals surface area contributed by atoms with E-state index in [1.807, 2.05) is 6.92 Å². The van der Waals surface area contributed by atoms with E-state index in [4.69, 9.17) is 5.73 Å². The molecule has 1 unspecified atom stereocenters. The molecule has 2 heterocycles. The van der Waals surface area contributed by atoms with E-state index in [-0.39, 0.29) is 11.9 Å². The van der Waals surface area contributed by atoms with Gasteiger partial charge in [0.05, 0.1) is 0 Å². The van der Waals surface area contributed by atoms with Crippen molar-refractivity contribution in [2.45, 2.75) is 39.2 Å². The van der Waals surface area contributed by atoms with Crippen molar-refractivity contribution in [2.24, 2.45) is 0 Å². The summed E-state index contributed by atoms with van der Waals surface area (Å²) in [7, 11) is 0. The Morgan fingerprint density at radius 1 is 1.29 bits per heavy atom. The highest BCUT2D eigenvalue weighted by Gasteiger charge is 2.18. The van der Waals surface area contributed by atoms with Crippen molar-refractivity contribution in [3.8, 4) is 0 Å². The molecule has 1 saturated heterocycles. The van der Waals surface area contributed by atoms with E-state index in [2.05, 4.69) is 30.5 Å². The van der Waals surface area contributed by atoms with Crippen molar-refractivity contribution in [3.05, 3.63) is 0 Å². The van der Waals surface area contributed by atoms with Gasteiger partial charge in [-0.15, -0.1) is 0 Å². The quantitative estimate of drug-likeness (QED) is 0.720. The van der Waals surface area contributed by atoms with Gasteiger partial charge in [0.25, 0.3) is 0 Å². The van der Waals surface area contributed by atoms with Gasteiger partial charge in [-0.3, -0.25) is 4.79 Å². The minimum Gasteiger partial charge on any atom is -0.368 e. The van der Waals surface area contributed by atoms with Gasteiger partial charge in [0.15, 0.2) is 0 Å². The Kier molecular flexibility index (Phi) is 5.13. The summed E-state index contributed by atoms with van der Waals surface area (Å²) in [5.41, 5.74) is 5.75. The third-order valence-corrected chi connectivity index (χ3v) is 3.37. The first kappa shape index (κ1) is 15.3. The van der Waals surface area contributed by atoms with Crippen molar-refractivity contribution < 1.29 is 4.79 Å². The maximum absolute atomic E-state index is 11.7. The second kappa shape index (κ2) is 7.05. The van der Waals surface area contributed by atoms with Crippen LogP contribution in [0, 0.1) is 0 Å². The minimum atomic E-state index is -0.430. The topological polar surface area (TPSA) is 109 Å². The molecule has 116 valence electrons. The lowest BCUT2D eigenvalue weighted by molar-refractivity contribution is -0.121. The number of nitrogen functional groups attached to an aromatic ring is 1. The first-order chi connectivity index (χ1) is 10.1. The van der Waals surface area contributed by atoms with Gasteiger partial charge in [-0.05, 0) is 33.1 Å². The summed E-state index contributed by atoms with van der Waals surface area (Å²) in [5.74, 6) is 0.974. The Hall–Kier alpha value is -2.12. The first-order valence-electron chi connectivity index (χ1n) is 7.41. The molecule has 0 radical (unpaired) electrons. The van der Waals surface area contributed by atoms with Crippen LogP contribution in [0.5, 0.6) is 0 Å². The van der Waals surface area contributed by atoms with Gasteiger partial charge in [-0.1, -0.05) is 0 Å². The lowest BCUT2D eigenvalue weighted by Gasteiger charge is -2.26. The molecular weight excluding hydrogens is 270 g/mol. The second-order valence-electron chi connectivity index (χ2n) is 5.13. The molecule has 0 spiro atoms. The van der Waals surface area contributed by atoms with Crippen LogP contribution in [0.2, 0.25) is 0 Å². The van der Waals surface area contributed by atoms with E-state index in [0.29, 0.717) is 18.4 Å². The standard InChI is InChI=1S/C13H23N7O/c1-3-15-10(21)9(2)16-12-17-11(14)18-13(19-12)20-7-5-4-6-8-20/h9H,3-8H2,1-2H3,(H,15,21)(H3,14,16,17,18,19). The molecule has 2 rings (SSSR count). The van der Waals surface area contributed by atoms with Crippen LogP contribution in [-0.4, -0.2) is 46.5 Å². The molecule has 1 aromatic heterocycles. The summed E-state index contributed by atoms with van der Waals surface area (Å²) < 4.78 is 0. The van der Waals surface area contributed by atoms with E-state index in [9.17, 15) is 4.79 Å². The fourth-order valence-electron chi connectivity index (χ4n) is 2.27. The van der Waals surface area contributed by atoms with Crippen LogP contribution in [0.25, 0.3) is 0 Å². The lowest BCUT2D eigenvalue weighted by Crippen LogP contribution is -2.38. The predicted molar refractivity (Wildman–Crippen MR) is 82.1 cm³/mol. The van der Waals surface area contributed by atoms with Crippen LogP contribution in [0.3, 0.4) is 0 Å². The van der Waals surface area contributed by atoms with Crippen molar-refractivity contribution >= 4 is 23.8 Å². The van der Waals surface area contributed by atoms with Gasteiger partial charge in [-0.25, -0.2) is 0 Å². The van der Waals surface area contributed by atoms with Gasteiger partial charge < -0.3 is 21.3 Å². The molecule has 0 aromatic carbocycles. The average Bonchev–Trinajstić information content (AvgIpc) is 2.47. The van der Waals surface area contributed by atoms with Crippen LogP contribution >= 0.6 is 0 Å². The molecule has 8 nitrogen and oxygen atoms in total. The molecule has 1 aromatic rings. The SMILES string of the molecule is CCNC(=O)C(C)Nc1nc(N)nc(N2CCCCC2)n1. The highest BCUT2D eigenvalue weighted by molar-refractivity contribution is 5.83. The fraction of sp³-hybridized carbons (Fsp3) is 0.692. The average molecular weight is 293 g/mol. The number of rotatable bonds is 5. The van der Waals surface area contributed by atoms with Gasteiger partial charge >= 0.3 is 0 Å². The predicted octanol–water partition coefficient (Wildman–Crippen LogP) is 0.381. The van der Waals surface area contributed by atoms with Gasteiger partial charge in [-0.2, -0.15) is 15.0 Å². The zero-order chi connectivity index (χ0) is 15.2. The summed E-state index contributed by atoms with van der Waals surface area (Å²) in [5, 5.41) is 5.71. The number of nitrogens with one attached hydrogen (secondary N) is 2. The largest absolute Gasteiger partial charge is 0.368 e. The number of amides is 1. The maximum atomic E-state index is 11.7. The van der Waals surface area contributed by atoms with Crippen LogP contribution in [0.1, 0.15) is 33.1 Å². The van der Waals surface area contributed by atoms with Crippen LogP contribution in [-0.2, 0) is 4.79 Å². The number of aromatic nitrogens is 3. The monoisotopic (exact) mass is 293 g/mol. The van der Waals surface area contributed by atoms with Crippen molar-refractivity contribution in [2.75, 3.05) is 35.6 Å². The zero-order valence-electron chi connectivity index (χ0n) is 12.6. The van der Waals surface area contributed by atoms with Crippen LogP contribution < -0.4 is 21.3 Å². The Bertz CT molecular complexity index is 487. The van der Waals surface area contributed by atoms with Gasteiger partial charge in [0.2, 0.25) is 23.8 Å². The number of hydrogen-bond donors (Lipinski definition) is 3. The van der Waals surface area contributed by atoms with E-state index < -0.39 is 6.04 Å². The van der Waals surface area contributed by atoms with Gasteiger partial charge in [0.1, 0.15) is 6.04 Å². The molecule has 4 N–H and O–H groups in total. The van der Waals surface area contributed by atoms with Crippen molar-refractivity contribution in [1.29, 1.82) is 0 Å². The first-order valence-corrected chi connectivity index (χ1v) is 7.41. The fourth-order valence-corrected chi connectivity index (χ4v) is 2.27. The van der Waals surface area contributed by atoms with Crippen molar-refractivity contribution in [1.82, 2.24) is 20.3 Å². The number of piperidine rings is 1. The Balaban J connectivity index is 2.09. The number of carbonyl (C=O) groups is 1. The van der Waals surface area contributed by atoms with Crippen LogP contribution in [0.15, 0.2) is 0 Å². The molecule has 8 heteroatoms. The molecule has 1 aliphatic rings. The summed E-state index contributed by atoms with van der Waals surface area (Å²) >= 11 is 0.